The number of ketones is 1. The van der Waals surface area contributed by atoms with Gasteiger partial charge in [-0.1, -0.05) is 23.1 Å². The van der Waals surface area contributed by atoms with Crippen LogP contribution in [-0.4, -0.2) is 45.9 Å². The number of ether oxygens (including phenoxy) is 1. The molecule has 0 aliphatic heterocycles. The van der Waals surface area contributed by atoms with E-state index in [-0.39, 0.29) is 11.8 Å². The van der Waals surface area contributed by atoms with Crippen LogP contribution in [0, 0.1) is 13.8 Å². The second kappa shape index (κ2) is 9.72. The molecule has 2 aromatic heterocycles. The quantitative estimate of drug-likeness (QED) is 0.374. The predicted molar refractivity (Wildman–Crippen MR) is 104 cm³/mol. The van der Waals surface area contributed by atoms with Gasteiger partial charge in [-0.05, 0) is 33.3 Å². The maximum Gasteiger partial charge on any atom is 0.305 e. The SMILES string of the molecule is CCNc1nnc(SCC(=O)c2cc(C)n(CCCC(=O)OC)c2C)s1. The molecule has 7 nitrogen and oxygen atoms in total. The molecule has 0 amide bonds. The normalized spacial score (nSPS) is 10.8. The first kappa shape index (κ1) is 20.4. The van der Waals surface area contributed by atoms with Crippen LogP contribution in [0.3, 0.4) is 0 Å². The van der Waals surface area contributed by atoms with Crippen LogP contribution in [0.1, 0.15) is 41.5 Å². The summed E-state index contributed by atoms with van der Waals surface area (Å²) >= 11 is 2.86. The Hall–Kier alpha value is -1.87. The molecule has 2 rings (SSSR count). The molecule has 0 bridgehead atoms. The molecule has 2 heterocycles. The van der Waals surface area contributed by atoms with E-state index in [1.165, 1.54) is 30.2 Å². The Kier molecular flexibility index (Phi) is 7.65. The zero-order valence-electron chi connectivity index (χ0n) is 15.5. The second-order valence-electron chi connectivity index (χ2n) is 5.73. The molecule has 0 radical (unpaired) electrons. The highest BCUT2D eigenvalue weighted by atomic mass is 32.2. The predicted octanol–water partition coefficient (Wildman–Crippen LogP) is 3.32. The minimum Gasteiger partial charge on any atom is -0.469 e. The molecule has 0 aliphatic carbocycles. The summed E-state index contributed by atoms with van der Waals surface area (Å²) in [5.74, 6) is 0.185. The highest BCUT2D eigenvalue weighted by molar-refractivity contribution is 8.01. The van der Waals surface area contributed by atoms with E-state index < -0.39 is 0 Å². The van der Waals surface area contributed by atoms with Gasteiger partial charge in [0.25, 0.3) is 0 Å². The number of Topliss-reactive ketones (excluding diaryl/α,β-unsaturated/α-hetero) is 1. The summed E-state index contributed by atoms with van der Waals surface area (Å²) in [5.41, 5.74) is 2.68. The Morgan fingerprint density at radius 3 is 2.81 bits per heavy atom. The van der Waals surface area contributed by atoms with E-state index in [1.807, 2.05) is 26.8 Å². The number of anilines is 1. The third kappa shape index (κ3) is 5.31. The van der Waals surface area contributed by atoms with Gasteiger partial charge in [-0.2, -0.15) is 0 Å². The average molecular weight is 397 g/mol. The van der Waals surface area contributed by atoms with Crippen molar-refractivity contribution in [1.82, 2.24) is 14.8 Å². The fourth-order valence-electron chi connectivity index (χ4n) is 2.61. The van der Waals surface area contributed by atoms with Gasteiger partial charge >= 0.3 is 5.97 Å². The molecule has 142 valence electrons. The summed E-state index contributed by atoms with van der Waals surface area (Å²) in [6, 6.07) is 1.92. The lowest BCUT2D eigenvalue weighted by atomic mass is 10.2. The van der Waals surface area contributed by atoms with Gasteiger partial charge in [-0.15, -0.1) is 10.2 Å². The van der Waals surface area contributed by atoms with Crippen molar-refractivity contribution >= 4 is 40.0 Å². The van der Waals surface area contributed by atoms with Crippen molar-refractivity contribution in [1.29, 1.82) is 0 Å². The van der Waals surface area contributed by atoms with E-state index in [0.29, 0.717) is 25.1 Å². The van der Waals surface area contributed by atoms with E-state index in [2.05, 4.69) is 24.8 Å². The van der Waals surface area contributed by atoms with Crippen LogP contribution >= 0.6 is 23.1 Å². The topological polar surface area (TPSA) is 86.1 Å². The van der Waals surface area contributed by atoms with Crippen LogP contribution in [0.5, 0.6) is 0 Å². The molecular formula is C17H24N4O3S2. The molecule has 0 saturated heterocycles. The first-order chi connectivity index (χ1) is 12.5. The Bertz CT molecular complexity index is 770. The molecule has 0 spiro atoms. The van der Waals surface area contributed by atoms with Crippen LogP contribution in [0.4, 0.5) is 5.13 Å². The van der Waals surface area contributed by atoms with Crippen molar-refractivity contribution in [2.24, 2.45) is 0 Å². The van der Waals surface area contributed by atoms with Crippen molar-refractivity contribution in [2.75, 3.05) is 24.7 Å². The molecule has 2 aromatic rings. The molecule has 0 aliphatic rings. The lowest BCUT2D eigenvalue weighted by molar-refractivity contribution is -0.140. The van der Waals surface area contributed by atoms with Gasteiger partial charge in [-0.3, -0.25) is 9.59 Å². The van der Waals surface area contributed by atoms with Gasteiger partial charge in [0.15, 0.2) is 10.1 Å². The van der Waals surface area contributed by atoms with Crippen LogP contribution < -0.4 is 5.32 Å². The maximum absolute atomic E-state index is 12.6. The lowest BCUT2D eigenvalue weighted by Crippen LogP contribution is -2.08. The number of hydrogen-bond acceptors (Lipinski definition) is 8. The summed E-state index contributed by atoms with van der Waals surface area (Å²) < 4.78 is 7.52. The van der Waals surface area contributed by atoms with Crippen LogP contribution in [0.25, 0.3) is 0 Å². The van der Waals surface area contributed by atoms with Crippen LogP contribution in [-0.2, 0) is 16.1 Å². The third-order valence-electron chi connectivity index (χ3n) is 3.93. The Morgan fingerprint density at radius 1 is 1.35 bits per heavy atom. The number of carbonyl (C=O) groups is 2. The van der Waals surface area contributed by atoms with E-state index in [4.69, 9.17) is 0 Å². The summed E-state index contributed by atoms with van der Waals surface area (Å²) in [7, 11) is 1.39. The number of nitrogens with zero attached hydrogens (tertiary/aromatic N) is 3. The molecule has 26 heavy (non-hydrogen) atoms. The Balaban J connectivity index is 1.95. The van der Waals surface area contributed by atoms with Gasteiger partial charge in [0.05, 0.1) is 12.9 Å². The number of rotatable bonds is 10. The van der Waals surface area contributed by atoms with E-state index in [0.717, 1.165) is 33.0 Å². The number of hydrogen-bond donors (Lipinski definition) is 1. The zero-order chi connectivity index (χ0) is 19.1. The van der Waals surface area contributed by atoms with Gasteiger partial charge in [0.2, 0.25) is 5.13 Å². The van der Waals surface area contributed by atoms with Crippen molar-refractivity contribution in [3.63, 3.8) is 0 Å². The number of carbonyl (C=O) groups excluding carboxylic acids is 2. The minimum atomic E-state index is -0.214. The lowest BCUT2D eigenvalue weighted by Gasteiger charge is -2.09. The Morgan fingerprint density at radius 2 is 2.12 bits per heavy atom. The number of esters is 1. The van der Waals surface area contributed by atoms with Crippen molar-refractivity contribution in [2.45, 2.75) is 44.5 Å². The monoisotopic (exact) mass is 396 g/mol. The molecule has 9 heteroatoms. The van der Waals surface area contributed by atoms with Crippen LogP contribution in [0.2, 0.25) is 0 Å². The third-order valence-corrected chi connectivity index (χ3v) is 5.94. The number of aryl methyl sites for hydroxylation is 1. The minimum absolute atomic E-state index is 0.0718. The molecule has 0 aromatic carbocycles. The number of aromatic nitrogens is 3. The Labute approximate surface area is 161 Å². The van der Waals surface area contributed by atoms with Gasteiger partial charge in [0.1, 0.15) is 0 Å². The first-order valence-electron chi connectivity index (χ1n) is 8.43. The first-order valence-corrected chi connectivity index (χ1v) is 10.2. The number of thioether (sulfide) groups is 1. The molecule has 0 atom stereocenters. The summed E-state index contributed by atoms with van der Waals surface area (Å²) in [6.45, 7) is 7.40. The fraction of sp³-hybridized carbons (Fsp3) is 0.529. The van der Waals surface area contributed by atoms with E-state index in [9.17, 15) is 9.59 Å². The number of nitrogens with one attached hydrogen (secondary N) is 1. The molecule has 0 unspecified atom stereocenters. The highest BCUT2D eigenvalue weighted by Crippen LogP contribution is 2.27. The van der Waals surface area contributed by atoms with E-state index in [1.54, 1.807) is 0 Å². The van der Waals surface area contributed by atoms with Crippen molar-refractivity contribution in [3.8, 4) is 0 Å². The van der Waals surface area contributed by atoms with Gasteiger partial charge in [-0.25, -0.2) is 0 Å². The molecular weight excluding hydrogens is 372 g/mol. The highest BCUT2D eigenvalue weighted by Gasteiger charge is 2.17. The zero-order valence-corrected chi connectivity index (χ0v) is 17.1. The molecule has 0 saturated carbocycles. The van der Waals surface area contributed by atoms with Crippen LogP contribution in [0.15, 0.2) is 10.4 Å². The smallest absolute Gasteiger partial charge is 0.305 e. The van der Waals surface area contributed by atoms with Crippen molar-refractivity contribution < 1.29 is 14.3 Å². The van der Waals surface area contributed by atoms with E-state index >= 15 is 0 Å². The number of methoxy groups -OCH3 is 1. The molecule has 1 N–H and O–H groups in total. The molecule has 0 fully saturated rings. The van der Waals surface area contributed by atoms with Gasteiger partial charge in [0, 0.05) is 36.5 Å². The maximum atomic E-state index is 12.6. The summed E-state index contributed by atoms with van der Waals surface area (Å²) in [6.07, 6.45) is 1.06. The van der Waals surface area contributed by atoms with Gasteiger partial charge < -0.3 is 14.6 Å². The second-order valence-corrected chi connectivity index (χ2v) is 7.93. The summed E-state index contributed by atoms with van der Waals surface area (Å²) in [5, 5.41) is 12.0. The van der Waals surface area contributed by atoms with Crippen molar-refractivity contribution in [3.05, 3.63) is 23.0 Å². The fourth-order valence-corrected chi connectivity index (χ4v) is 4.31. The standard InChI is InChI=1S/C17H24N4O3S2/c1-5-18-16-19-20-17(26-16)25-10-14(22)13-9-11(2)21(12(13)3)8-6-7-15(23)24-4/h9H,5-8,10H2,1-4H3,(H,18,19). The average Bonchev–Trinajstić information content (AvgIpc) is 3.18. The largest absolute Gasteiger partial charge is 0.469 e. The summed E-state index contributed by atoms with van der Waals surface area (Å²) in [4.78, 5) is 23.8.